The van der Waals surface area contributed by atoms with Crippen molar-refractivity contribution in [3.8, 4) is 0 Å². The Labute approximate surface area is 117 Å². The molecule has 19 heavy (non-hydrogen) atoms. The highest BCUT2D eigenvalue weighted by atomic mass is 16.2. The van der Waals surface area contributed by atoms with E-state index >= 15 is 0 Å². The van der Waals surface area contributed by atoms with Crippen molar-refractivity contribution in [2.24, 2.45) is 5.92 Å². The van der Waals surface area contributed by atoms with Gasteiger partial charge in [0.2, 0.25) is 5.91 Å². The zero-order valence-electron chi connectivity index (χ0n) is 12.9. The first-order chi connectivity index (χ1) is 9.04. The molecular formula is C15H29N3O. The van der Waals surface area contributed by atoms with E-state index in [1.165, 1.54) is 19.4 Å². The molecule has 110 valence electrons. The first-order valence-corrected chi connectivity index (χ1v) is 7.81. The van der Waals surface area contributed by atoms with Crippen molar-refractivity contribution >= 4 is 5.91 Å². The molecule has 2 saturated heterocycles. The molecular weight excluding hydrogens is 238 g/mol. The van der Waals surface area contributed by atoms with Gasteiger partial charge in [-0.1, -0.05) is 27.2 Å². The molecule has 2 aliphatic rings. The zero-order chi connectivity index (χ0) is 14.0. The minimum Gasteiger partial charge on any atom is -0.324 e. The summed E-state index contributed by atoms with van der Waals surface area (Å²) >= 11 is 0. The van der Waals surface area contributed by atoms with Crippen LogP contribution in [-0.4, -0.2) is 54.1 Å². The maximum Gasteiger partial charge on any atom is 0.241 e. The van der Waals surface area contributed by atoms with Gasteiger partial charge in [0, 0.05) is 12.6 Å². The molecule has 4 nitrogen and oxygen atoms in total. The smallest absolute Gasteiger partial charge is 0.241 e. The van der Waals surface area contributed by atoms with Crippen LogP contribution in [0.25, 0.3) is 0 Å². The van der Waals surface area contributed by atoms with Crippen LogP contribution in [0.15, 0.2) is 0 Å². The maximum absolute atomic E-state index is 12.6. The quantitative estimate of drug-likeness (QED) is 0.823. The number of likely N-dealkylation sites (tertiary alicyclic amines) is 1. The Kier molecular flexibility index (Phi) is 4.85. The lowest BCUT2D eigenvalue weighted by Gasteiger charge is -2.29. The molecule has 0 aliphatic carbocycles. The Morgan fingerprint density at radius 1 is 1.42 bits per heavy atom. The van der Waals surface area contributed by atoms with Crippen LogP contribution < -0.4 is 5.32 Å². The van der Waals surface area contributed by atoms with Gasteiger partial charge in [-0.05, 0) is 38.8 Å². The highest BCUT2D eigenvalue weighted by Crippen LogP contribution is 2.23. The highest BCUT2D eigenvalue weighted by molar-refractivity contribution is 5.84. The molecule has 0 aromatic heterocycles. The van der Waals surface area contributed by atoms with Gasteiger partial charge in [0.15, 0.2) is 0 Å². The van der Waals surface area contributed by atoms with Crippen LogP contribution in [0.1, 0.15) is 46.5 Å². The summed E-state index contributed by atoms with van der Waals surface area (Å²) in [5.41, 5.74) is 0. The number of carbonyl (C=O) groups excluding carboxylic acids is 1. The lowest BCUT2D eigenvalue weighted by atomic mass is 10.0. The topological polar surface area (TPSA) is 35.6 Å². The second kappa shape index (κ2) is 6.23. The van der Waals surface area contributed by atoms with Crippen LogP contribution in [0.2, 0.25) is 0 Å². The molecule has 1 amide bonds. The highest BCUT2D eigenvalue weighted by Gasteiger charge is 2.41. The predicted octanol–water partition coefficient (Wildman–Crippen LogP) is 1.66. The average molecular weight is 267 g/mol. The molecule has 2 rings (SSSR count). The number of amides is 1. The fourth-order valence-corrected chi connectivity index (χ4v) is 3.35. The molecule has 0 radical (unpaired) electrons. The molecule has 2 fully saturated rings. The van der Waals surface area contributed by atoms with Gasteiger partial charge in [0.1, 0.15) is 0 Å². The molecule has 2 aliphatic heterocycles. The van der Waals surface area contributed by atoms with Gasteiger partial charge in [-0.15, -0.1) is 0 Å². The Hall–Kier alpha value is -0.610. The minimum absolute atomic E-state index is 0.0169. The van der Waals surface area contributed by atoms with Gasteiger partial charge in [0.25, 0.3) is 0 Å². The summed E-state index contributed by atoms with van der Waals surface area (Å²) in [6.07, 6.45) is 4.92. The average Bonchev–Trinajstić information content (AvgIpc) is 2.88. The molecule has 0 aromatic rings. The van der Waals surface area contributed by atoms with Crippen LogP contribution in [0.3, 0.4) is 0 Å². The molecule has 0 bridgehead atoms. The summed E-state index contributed by atoms with van der Waals surface area (Å²) in [6.45, 7) is 8.52. The van der Waals surface area contributed by atoms with E-state index < -0.39 is 0 Å². The number of hydrogen-bond acceptors (Lipinski definition) is 3. The van der Waals surface area contributed by atoms with Crippen molar-refractivity contribution in [3.63, 3.8) is 0 Å². The fraction of sp³-hybridized carbons (Fsp3) is 0.933. The van der Waals surface area contributed by atoms with Crippen LogP contribution in [0, 0.1) is 5.92 Å². The Bertz CT molecular complexity index is 319. The molecule has 3 atom stereocenters. The third-order valence-corrected chi connectivity index (χ3v) is 4.61. The van der Waals surface area contributed by atoms with Gasteiger partial charge < -0.3 is 9.80 Å². The Morgan fingerprint density at radius 3 is 2.68 bits per heavy atom. The van der Waals surface area contributed by atoms with Crippen molar-refractivity contribution in [1.29, 1.82) is 0 Å². The van der Waals surface area contributed by atoms with Crippen molar-refractivity contribution < 1.29 is 4.79 Å². The van der Waals surface area contributed by atoms with Crippen molar-refractivity contribution in [2.75, 3.05) is 20.1 Å². The number of nitrogens with zero attached hydrogens (tertiary/aromatic N) is 2. The van der Waals surface area contributed by atoms with Gasteiger partial charge in [0.05, 0.1) is 12.2 Å². The fourth-order valence-electron chi connectivity index (χ4n) is 3.35. The lowest BCUT2D eigenvalue weighted by Crippen LogP contribution is -2.45. The van der Waals surface area contributed by atoms with Crippen LogP contribution in [0.5, 0.6) is 0 Å². The maximum atomic E-state index is 12.6. The number of likely N-dealkylation sites (N-methyl/N-ethyl adjacent to an activating group) is 1. The molecule has 1 N–H and O–H groups in total. The number of nitrogens with one attached hydrogen (secondary N) is 1. The lowest BCUT2D eigenvalue weighted by molar-refractivity contribution is -0.131. The van der Waals surface area contributed by atoms with Crippen molar-refractivity contribution in [1.82, 2.24) is 15.1 Å². The number of rotatable bonds is 5. The van der Waals surface area contributed by atoms with E-state index in [2.05, 4.69) is 42.9 Å². The normalized spacial score (nSPS) is 32.8. The number of hydrogen-bond donors (Lipinski definition) is 1. The first kappa shape index (κ1) is 14.8. The predicted molar refractivity (Wildman–Crippen MR) is 77.8 cm³/mol. The molecule has 4 heteroatoms. The first-order valence-electron chi connectivity index (χ1n) is 7.81. The summed E-state index contributed by atoms with van der Waals surface area (Å²) < 4.78 is 0. The van der Waals surface area contributed by atoms with Crippen LogP contribution >= 0.6 is 0 Å². The van der Waals surface area contributed by atoms with Gasteiger partial charge in [-0.2, -0.15) is 0 Å². The van der Waals surface area contributed by atoms with Gasteiger partial charge in [-0.25, -0.2) is 0 Å². The van der Waals surface area contributed by atoms with Crippen molar-refractivity contribution in [3.05, 3.63) is 0 Å². The van der Waals surface area contributed by atoms with E-state index in [0.717, 1.165) is 19.4 Å². The Morgan fingerprint density at radius 2 is 2.16 bits per heavy atom. The van der Waals surface area contributed by atoms with E-state index in [1.54, 1.807) is 0 Å². The third-order valence-electron chi connectivity index (χ3n) is 4.61. The summed E-state index contributed by atoms with van der Waals surface area (Å²) in [5, 5.41) is 3.54. The molecule has 2 heterocycles. The second-order valence-corrected chi connectivity index (χ2v) is 6.46. The van der Waals surface area contributed by atoms with Gasteiger partial charge in [-0.3, -0.25) is 10.1 Å². The summed E-state index contributed by atoms with van der Waals surface area (Å²) in [7, 11) is 2.18. The summed E-state index contributed by atoms with van der Waals surface area (Å²) in [5.74, 6) is 0.687. The van der Waals surface area contributed by atoms with E-state index in [4.69, 9.17) is 0 Å². The molecule has 3 unspecified atom stereocenters. The largest absolute Gasteiger partial charge is 0.324 e. The van der Waals surface area contributed by atoms with Gasteiger partial charge >= 0.3 is 0 Å². The minimum atomic E-state index is 0.0169. The molecule has 0 saturated carbocycles. The Balaban J connectivity index is 2.04. The summed E-state index contributed by atoms with van der Waals surface area (Å²) in [6, 6.07) is 0.569. The third kappa shape index (κ3) is 3.11. The SMILES string of the molecule is CCCC1NC(C(C)C)C(=O)N1CC1CCCN1C. The molecule has 0 aromatic carbocycles. The summed E-state index contributed by atoms with van der Waals surface area (Å²) in [4.78, 5) is 17.1. The van der Waals surface area contributed by atoms with Crippen molar-refractivity contribution in [2.45, 2.75) is 64.7 Å². The van der Waals surface area contributed by atoms with E-state index in [1.807, 2.05) is 0 Å². The molecule has 0 spiro atoms. The zero-order valence-corrected chi connectivity index (χ0v) is 12.9. The van der Waals surface area contributed by atoms with Crippen LogP contribution in [-0.2, 0) is 4.79 Å². The standard InChI is InChI=1S/C15H29N3O/c1-5-7-13-16-14(11(2)3)15(19)18(13)10-12-8-6-9-17(12)4/h11-14,16H,5-10H2,1-4H3. The monoisotopic (exact) mass is 267 g/mol. The van der Waals surface area contributed by atoms with Crippen LogP contribution in [0.4, 0.5) is 0 Å². The van der Waals surface area contributed by atoms with E-state index in [-0.39, 0.29) is 12.2 Å². The van der Waals surface area contributed by atoms with E-state index in [9.17, 15) is 4.79 Å². The second-order valence-electron chi connectivity index (χ2n) is 6.46. The number of carbonyl (C=O) groups is 1. The van der Waals surface area contributed by atoms with E-state index in [0.29, 0.717) is 17.9 Å².